The van der Waals surface area contributed by atoms with Crippen molar-refractivity contribution in [3.05, 3.63) is 73.4 Å². The van der Waals surface area contributed by atoms with Crippen LogP contribution in [0, 0.1) is 0 Å². The lowest BCUT2D eigenvalue weighted by Crippen LogP contribution is -1.96. The van der Waals surface area contributed by atoms with E-state index in [1.54, 1.807) is 18.6 Å². The molecule has 0 unspecified atom stereocenters. The molecule has 4 aromatic heterocycles. The van der Waals surface area contributed by atoms with Crippen LogP contribution in [-0.2, 0) is 0 Å². The number of aromatic nitrogens is 5. The van der Waals surface area contributed by atoms with Gasteiger partial charge in [0.25, 0.3) is 0 Å². The minimum atomic E-state index is 0.541. The summed E-state index contributed by atoms with van der Waals surface area (Å²) in [5, 5.41) is 5.27. The quantitative estimate of drug-likeness (QED) is 0.512. The fourth-order valence-corrected chi connectivity index (χ4v) is 3.01. The summed E-state index contributed by atoms with van der Waals surface area (Å²) in [7, 11) is 0. The van der Waals surface area contributed by atoms with E-state index in [0.29, 0.717) is 5.95 Å². The van der Waals surface area contributed by atoms with Crippen molar-refractivity contribution >= 4 is 33.6 Å². The predicted molar refractivity (Wildman–Crippen MR) is 102 cm³/mol. The number of nitrogens with zero attached hydrogens (tertiary/aromatic N) is 4. The highest BCUT2D eigenvalue weighted by atomic mass is 15.1. The molecule has 0 aliphatic rings. The van der Waals surface area contributed by atoms with Crippen LogP contribution in [0.1, 0.15) is 0 Å². The second-order valence-corrected chi connectivity index (χ2v) is 5.93. The Kier molecular flexibility index (Phi) is 3.31. The lowest BCUT2D eigenvalue weighted by Gasteiger charge is -2.05. The van der Waals surface area contributed by atoms with Crippen LogP contribution in [0.2, 0.25) is 0 Å². The molecule has 0 spiro atoms. The molecular formula is C20H14N6. The summed E-state index contributed by atoms with van der Waals surface area (Å²) in [6, 6.07) is 14.0. The average molecular weight is 338 g/mol. The van der Waals surface area contributed by atoms with Crippen LogP contribution < -0.4 is 5.32 Å². The van der Waals surface area contributed by atoms with Gasteiger partial charge < -0.3 is 10.3 Å². The molecule has 4 heterocycles. The Hall–Kier alpha value is -3.80. The second kappa shape index (κ2) is 5.93. The fourth-order valence-electron chi connectivity index (χ4n) is 3.01. The Morgan fingerprint density at radius 3 is 2.77 bits per heavy atom. The van der Waals surface area contributed by atoms with Crippen LogP contribution in [0.25, 0.3) is 33.1 Å². The summed E-state index contributed by atoms with van der Waals surface area (Å²) >= 11 is 0. The molecule has 1 aromatic carbocycles. The number of fused-ring (bicyclic) bond motifs is 2. The molecule has 6 nitrogen and oxygen atoms in total. The zero-order chi connectivity index (χ0) is 17.3. The van der Waals surface area contributed by atoms with Crippen molar-refractivity contribution in [1.29, 1.82) is 0 Å². The van der Waals surface area contributed by atoms with E-state index in [-0.39, 0.29) is 0 Å². The second-order valence-electron chi connectivity index (χ2n) is 5.93. The lowest BCUT2D eigenvalue weighted by molar-refractivity contribution is 1.19. The zero-order valence-corrected chi connectivity index (χ0v) is 13.7. The first-order valence-corrected chi connectivity index (χ1v) is 8.23. The number of rotatable bonds is 3. The van der Waals surface area contributed by atoms with Gasteiger partial charge in [0.05, 0.1) is 5.52 Å². The van der Waals surface area contributed by atoms with E-state index in [9.17, 15) is 0 Å². The third-order valence-corrected chi connectivity index (χ3v) is 4.28. The van der Waals surface area contributed by atoms with Gasteiger partial charge >= 0.3 is 0 Å². The van der Waals surface area contributed by atoms with Crippen molar-refractivity contribution in [2.24, 2.45) is 0 Å². The van der Waals surface area contributed by atoms with Gasteiger partial charge in [-0.25, -0.2) is 4.98 Å². The van der Waals surface area contributed by atoms with Crippen molar-refractivity contribution in [2.75, 3.05) is 5.32 Å². The Bertz CT molecular complexity index is 1210. The summed E-state index contributed by atoms with van der Waals surface area (Å²) in [6.45, 7) is 0. The van der Waals surface area contributed by atoms with Crippen LogP contribution in [0.5, 0.6) is 0 Å². The number of hydrogen-bond acceptors (Lipinski definition) is 5. The average Bonchev–Trinajstić information content (AvgIpc) is 3.12. The van der Waals surface area contributed by atoms with E-state index in [1.165, 1.54) is 0 Å². The topological polar surface area (TPSA) is 79.4 Å². The number of anilines is 2. The first-order valence-electron chi connectivity index (χ1n) is 8.23. The highest BCUT2D eigenvalue weighted by Gasteiger charge is 2.10. The van der Waals surface area contributed by atoms with Gasteiger partial charge in [-0.2, -0.15) is 4.98 Å². The van der Waals surface area contributed by atoms with Gasteiger partial charge in [0.1, 0.15) is 5.65 Å². The molecule has 0 bridgehead atoms. The summed E-state index contributed by atoms with van der Waals surface area (Å²) < 4.78 is 0. The van der Waals surface area contributed by atoms with Crippen LogP contribution in [0.3, 0.4) is 0 Å². The first-order chi connectivity index (χ1) is 12.9. The third-order valence-electron chi connectivity index (χ3n) is 4.28. The molecule has 124 valence electrons. The Balaban J connectivity index is 1.54. The number of benzene rings is 1. The molecule has 0 saturated heterocycles. The maximum absolute atomic E-state index is 4.57. The van der Waals surface area contributed by atoms with E-state index in [4.69, 9.17) is 0 Å². The normalized spacial score (nSPS) is 11.1. The molecule has 5 aromatic rings. The molecule has 0 aliphatic carbocycles. The van der Waals surface area contributed by atoms with Crippen molar-refractivity contribution in [3.8, 4) is 11.1 Å². The van der Waals surface area contributed by atoms with Crippen LogP contribution in [0.4, 0.5) is 11.6 Å². The van der Waals surface area contributed by atoms with Gasteiger partial charge in [0.2, 0.25) is 5.95 Å². The van der Waals surface area contributed by atoms with Crippen LogP contribution >= 0.6 is 0 Å². The number of H-pyrrole nitrogens is 1. The van der Waals surface area contributed by atoms with Gasteiger partial charge in [-0.1, -0.05) is 12.1 Å². The van der Waals surface area contributed by atoms with Crippen LogP contribution in [0.15, 0.2) is 73.4 Å². The van der Waals surface area contributed by atoms with Crippen molar-refractivity contribution < 1.29 is 0 Å². The Morgan fingerprint density at radius 1 is 0.923 bits per heavy atom. The highest BCUT2D eigenvalue weighted by Crippen LogP contribution is 2.30. The molecule has 2 N–H and O–H groups in total. The molecule has 0 radical (unpaired) electrons. The van der Waals surface area contributed by atoms with E-state index in [0.717, 1.165) is 38.8 Å². The van der Waals surface area contributed by atoms with Gasteiger partial charge in [0.15, 0.2) is 0 Å². The molecule has 26 heavy (non-hydrogen) atoms. The van der Waals surface area contributed by atoms with E-state index >= 15 is 0 Å². The Labute approximate surface area is 149 Å². The van der Waals surface area contributed by atoms with Crippen molar-refractivity contribution in [2.45, 2.75) is 0 Å². The smallest absolute Gasteiger partial charge is 0.229 e. The molecule has 6 heteroatoms. The molecule has 0 fully saturated rings. The number of aromatic amines is 1. The number of nitrogens with one attached hydrogen (secondary N) is 2. The minimum absolute atomic E-state index is 0.541. The standard InChI is InChI=1S/C20H14N6/c1-2-14-10-13(3-4-18(14)22-7-1)16-11-23-19-17(16)12-24-20(26-19)25-15-5-8-21-9-6-15/h1-12H,(H2,21,23,24,25,26). The predicted octanol–water partition coefficient (Wildman–Crippen LogP) is 4.31. The summed E-state index contributed by atoms with van der Waals surface area (Å²) in [4.78, 5) is 20.6. The van der Waals surface area contributed by atoms with E-state index in [1.807, 2.05) is 36.7 Å². The maximum Gasteiger partial charge on any atom is 0.229 e. The molecule has 5 rings (SSSR count). The lowest BCUT2D eigenvalue weighted by atomic mass is 10.0. The molecule has 0 amide bonds. The maximum atomic E-state index is 4.57. The summed E-state index contributed by atoms with van der Waals surface area (Å²) in [6.07, 6.45) is 9.06. The van der Waals surface area contributed by atoms with Gasteiger partial charge in [0, 0.05) is 53.0 Å². The monoisotopic (exact) mass is 338 g/mol. The largest absolute Gasteiger partial charge is 0.345 e. The van der Waals surface area contributed by atoms with Gasteiger partial charge in [-0.15, -0.1) is 0 Å². The Morgan fingerprint density at radius 2 is 1.85 bits per heavy atom. The van der Waals surface area contributed by atoms with Crippen molar-refractivity contribution in [3.63, 3.8) is 0 Å². The highest BCUT2D eigenvalue weighted by molar-refractivity contribution is 5.96. The molecule has 0 saturated carbocycles. The van der Waals surface area contributed by atoms with E-state index < -0.39 is 0 Å². The zero-order valence-electron chi connectivity index (χ0n) is 13.7. The minimum Gasteiger partial charge on any atom is -0.345 e. The number of pyridine rings is 2. The molecular weight excluding hydrogens is 324 g/mol. The van der Waals surface area contributed by atoms with E-state index in [2.05, 4.69) is 48.4 Å². The summed E-state index contributed by atoms with van der Waals surface area (Å²) in [5.74, 6) is 0.541. The van der Waals surface area contributed by atoms with Gasteiger partial charge in [-0.05, 0) is 35.9 Å². The first kappa shape index (κ1) is 14.5. The van der Waals surface area contributed by atoms with Gasteiger partial charge in [-0.3, -0.25) is 9.97 Å². The number of hydrogen-bond donors (Lipinski definition) is 2. The third kappa shape index (κ3) is 2.53. The molecule has 0 aliphatic heterocycles. The SMILES string of the molecule is c1cnc2ccc(-c3c[nH]c4nc(Nc5ccncc5)ncc34)cc2c1. The van der Waals surface area contributed by atoms with Crippen LogP contribution in [-0.4, -0.2) is 24.9 Å². The summed E-state index contributed by atoms with van der Waals surface area (Å²) in [5.41, 5.74) is 4.85. The fraction of sp³-hybridized carbons (Fsp3) is 0. The molecule has 0 atom stereocenters. The van der Waals surface area contributed by atoms with Crippen molar-refractivity contribution in [1.82, 2.24) is 24.9 Å².